The van der Waals surface area contributed by atoms with Gasteiger partial charge in [-0.2, -0.15) is 0 Å². The number of carbonyl (C=O) groups is 1. The topological polar surface area (TPSA) is 43.8 Å². The highest BCUT2D eigenvalue weighted by Crippen LogP contribution is 2.39. The van der Waals surface area contributed by atoms with Crippen LogP contribution in [0.25, 0.3) is 0 Å². The maximum absolute atomic E-state index is 12.7. The van der Waals surface area contributed by atoms with Crippen molar-refractivity contribution in [2.45, 2.75) is 69.6 Å². The molecule has 0 bridgehead atoms. The van der Waals surface area contributed by atoms with Gasteiger partial charge in [0.25, 0.3) is 0 Å². The fourth-order valence-corrected chi connectivity index (χ4v) is 4.96. The summed E-state index contributed by atoms with van der Waals surface area (Å²) < 4.78 is 0. The Hall–Kier alpha value is -0.610. The summed E-state index contributed by atoms with van der Waals surface area (Å²) in [6.07, 6.45) is 8.83. The van der Waals surface area contributed by atoms with Gasteiger partial charge in [-0.3, -0.25) is 9.69 Å². The molecule has 0 aromatic carbocycles. The summed E-state index contributed by atoms with van der Waals surface area (Å²) in [5.74, 6) is 0.808. The Morgan fingerprint density at radius 1 is 0.952 bits per heavy atom. The lowest BCUT2D eigenvalue weighted by Crippen LogP contribution is -2.56. The van der Waals surface area contributed by atoms with Crippen molar-refractivity contribution in [2.24, 2.45) is 11.8 Å². The predicted octanol–water partition coefficient (Wildman–Crippen LogP) is 1.62. The third kappa shape index (κ3) is 2.61. The van der Waals surface area contributed by atoms with Crippen molar-refractivity contribution in [2.75, 3.05) is 19.6 Å². The van der Waals surface area contributed by atoms with E-state index in [-0.39, 0.29) is 17.9 Å². The van der Waals surface area contributed by atoms with Gasteiger partial charge in [0.1, 0.15) is 0 Å². The van der Waals surface area contributed by atoms with Crippen molar-refractivity contribution in [3.63, 3.8) is 0 Å². The maximum atomic E-state index is 12.7. The molecule has 4 fully saturated rings. The van der Waals surface area contributed by atoms with Crippen LogP contribution < -0.4 is 0 Å². The second-order valence-corrected chi connectivity index (χ2v) is 7.62. The average Bonchev–Trinajstić information content (AvgIpc) is 3.27. The SMILES string of the molecule is O=C(C1CCCC1O)N1CCC2C(CCCN2C2CC2)C1. The van der Waals surface area contributed by atoms with Crippen LogP contribution in [-0.4, -0.2) is 58.6 Å². The summed E-state index contributed by atoms with van der Waals surface area (Å²) in [7, 11) is 0. The second kappa shape index (κ2) is 5.54. The fraction of sp³-hybridized carbons (Fsp3) is 0.941. The highest BCUT2D eigenvalue weighted by atomic mass is 16.3. The third-order valence-corrected chi connectivity index (χ3v) is 6.24. The van der Waals surface area contributed by atoms with Crippen LogP contribution in [0.15, 0.2) is 0 Å². The van der Waals surface area contributed by atoms with E-state index in [0.29, 0.717) is 5.92 Å². The molecule has 1 amide bonds. The molecule has 2 heterocycles. The molecule has 2 aliphatic carbocycles. The molecule has 0 aromatic heterocycles. The van der Waals surface area contributed by atoms with Crippen molar-refractivity contribution in [3.05, 3.63) is 0 Å². The first-order chi connectivity index (χ1) is 10.2. The molecule has 1 N–H and O–H groups in total. The summed E-state index contributed by atoms with van der Waals surface area (Å²) in [4.78, 5) is 17.5. The average molecular weight is 292 g/mol. The van der Waals surface area contributed by atoms with Gasteiger partial charge in [0.15, 0.2) is 0 Å². The Balaban J connectivity index is 1.40. The number of hydrogen-bond donors (Lipinski definition) is 1. The van der Waals surface area contributed by atoms with Crippen molar-refractivity contribution < 1.29 is 9.90 Å². The molecule has 4 heteroatoms. The minimum Gasteiger partial charge on any atom is -0.392 e. The fourth-order valence-electron chi connectivity index (χ4n) is 4.96. The number of aliphatic hydroxyl groups is 1. The smallest absolute Gasteiger partial charge is 0.228 e. The van der Waals surface area contributed by atoms with E-state index in [2.05, 4.69) is 9.80 Å². The maximum Gasteiger partial charge on any atom is 0.228 e. The molecule has 0 radical (unpaired) electrons. The van der Waals surface area contributed by atoms with Gasteiger partial charge in [0.05, 0.1) is 12.0 Å². The summed E-state index contributed by atoms with van der Waals surface area (Å²) in [6, 6.07) is 1.58. The van der Waals surface area contributed by atoms with E-state index < -0.39 is 0 Å². The van der Waals surface area contributed by atoms with Crippen LogP contribution in [0, 0.1) is 11.8 Å². The van der Waals surface area contributed by atoms with Gasteiger partial charge < -0.3 is 10.0 Å². The summed E-state index contributed by atoms with van der Waals surface area (Å²) in [6.45, 7) is 3.13. The monoisotopic (exact) mass is 292 g/mol. The molecule has 0 spiro atoms. The lowest BCUT2D eigenvalue weighted by molar-refractivity contribution is -0.142. The Kier molecular flexibility index (Phi) is 3.70. The standard InChI is InChI=1S/C17H28N2O2/c20-16-5-1-4-14(16)17(21)18-10-8-15-12(11-18)3-2-9-19(15)13-6-7-13/h12-16,20H,1-11H2. The molecule has 2 saturated carbocycles. The molecule has 21 heavy (non-hydrogen) atoms. The van der Waals surface area contributed by atoms with Crippen molar-refractivity contribution >= 4 is 5.91 Å². The normalized spacial score (nSPS) is 41.1. The van der Waals surface area contributed by atoms with Gasteiger partial charge in [-0.25, -0.2) is 0 Å². The van der Waals surface area contributed by atoms with Gasteiger partial charge in [0.2, 0.25) is 5.91 Å². The number of nitrogens with zero attached hydrogens (tertiary/aromatic N) is 2. The number of likely N-dealkylation sites (tertiary alicyclic amines) is 2. The van der Waals surface area contributed by atoms with Crippen molar-refractivity contribution in [3.8, 4) is 0 Å². The van der Waals surface area contributed by atoms with Crippen molar-refractivity contribution in [1.82, 2.24) is 9.80 Å². The Labute approximate surface area is 127 Å². The van der Waals surface area contributed by atoms with Crippen LogP contribution in [0.2, 0.25) is 0 Å². The largest absolute Gasteiger partial charge is 0.392 e. The lowest BCUT2D eigenvalue weighted by atomic mass is 9.83. The number of piperidine rings is 2. The van der Waals surface area contributed by atoms with Crippen LogP contribution in [-0.2, 0) is 4.79 Å². The van der Waals surface area contributed by atoms with Crippen LogP contribution >= 0.6 is 0 Å². The highest BCUT2D eigenvalue weighted by molar-refractivity contribution is 5.79. The van der Waals surface area contributed by atoms with E-state index >= 15 is 0 Å². The second-order valence-electron chi connectivity index (χ2n) is 7.62. The van der Waals surface area contributed by atoms with E-state index in [9.17, 15) is 9.90 Å². The molecule has 0 aromatic rings. The van der Waals surface area contributed by atoms with Gasteiger partial charge >= 0.3 is 0 Å². The van der Waals surface area contributed by atoms with Crippen LogP contribution in [0.3, 0.4) is 0 Å². The van der Waals surface area contributed by atoms with Crippen LogP contribution in [0.1, 0.15) is 51.4 Å². The van der Waals surface area contributed by atoms with E-state index in [1.807, 2.05) is 0 Å². The van der Waals surface area contributed by atoms with Gasteiger partial charge in [-0.1, -0.05) is 0 Å². The number of hydrogen-bond acceptors (Lipinski definition) is 3. The molecular formula is C17H28N2O2. The third-order valence-electron chi connectivity index (χ3n) is 6.24. The first kappa shape index (κ1) is 14.0. The molecule has 2 saturated heterocycles. The molecule has 2 aliphatic heterocycles. The summed E-state index contributed by atoms with van der Waals surface area (Å²) in [5.41, 5.74) is 0. The number of amides is 1. The Morgan fingerprint density at radius 3 is 2.52 bits per heavy atom. The van der Waals surface area contributed by atoms with E-state index in [4.69, 9.17) is 0 Å². The zero-order chi connectivity index (χ0) is 14.4. The molecule has 4 unspecified atom stereocenters. The highest BCUT2D eigenvalue weighted by Gasteiger charge is 2.44. The number of aliphatic hydroxyl groups excluding tert-OH is 1. The molecule has 4 nitrogen and oxygen atoms in total. The van der Waals surface area contributed by atoms with Gasteiger partial charge in [0, 0.05) is 25.2 Å². The zero-order valence-corrected chi connectivity index (χ0v) is 12.9. The van der Waals surface area contributed by atoms with E-state index in [1.165, 1.54) is 32.2 Å². The van der Waals surface area contributed by atoms with Gasteiger partial charge in [-0.05, 0) is 63.8 Å². The van der Waals surface area contributed by atoms with Crippen LogP contribution in [0.4, 0.5) is 0 Å². The van der Waals surface area contributed by atoms with E-state index in [0.717, 1.165) is 50.9 Å². The first-order valence-corrected chi connectivity index (χ1v) is 8.96. The minimum atomic E-state index is -0.385. The number of fused-ring (bicyclic) bond motifs is 1. The Bertz CT molecular complexity index is 410. The minimum absolute atomic E-state index is 0.107. The van der Waals surface area contributed by atoms with Crippen LogP contribution in [0.5, 0.6) is 0 Å². The zero-order valence-electron chi connectivity index (χ0n) is 12.9. The molecule has 4 atom stereocenters. The van der Waals surface area contributed by atoms with E-state index in [1.54, 1.807) is 0 Å². The van der Waals surface area contributed by atoms with Gasteiger partial charge in [-0.15, -0.1) is 0 Å². The molecular weight excluding hydrogens is 264 g/mol. The lowest BCUT2D eigenvalue weighted by Gasteiger charge is -2.48. The number of carbonyl (C=O) groups excluding carboxylic acids is 1. The molecule has 4 rings (SSSR count). The quantitative estimate of drug-likeness (QED) is 0.841. The number of rotatable bonds is 2. The van der Waals surface area contributed by atoms with Crippen molar-refractivity contribution in [1.29, 1.82) is 0 Å². The Morgan fingerprint density at radius 2 is 1.81 bits per heavy atom. The molecule has 118 valence electrons. The molecule has 4 aliphatic rings. The predicted molar refractivity (Wildman–Crippen MR) is 80.8 cm³/mol. The summed E-state index contributed by atoms with van der Waals surface area (Å²) in [5, 5.41) is 9.99. The summed E-state index contributed by atoms with van der Waals surface area (Å²) >= 11 is 0. The first-order valence-electron chi connectivity index (χ1n) is 8.96.